The van der Waals surface area contributed by atoms with Crippen LogP contribution in [0.2, 0.25) is 5.15 Å². The van der Waals surface area contributed by atoms with E-state index >= 15 is 0 Å². The molecule has 0 atom stereocenters. The summed E-state index contributed by atoms with van der Waals surface area (Å²) in [5, 5.41) is 13.4. The number of ether oxygens (including phenoxy) is 1. The second kappa shape index (κ2) is 6.15. The maximum atomic E-state index is 10.9. The van der Waals surface area contributed by atoms with Crippen LogP contribution in [0.1, 0.15) is 5.56 Å². The molecule has 2 aromatic rings. The van der Waals surface area contributed by atoms with Crippen LogP contribution in [-0.2, 0) is 0 Å². The van der Waals surface area contributed by atoms with Gasteiger partial charge in [0.1, 0.15) is 10.7 Å². The van der Waals surface area contributed by atoms with E-state index in [1.54, 1.807) is 17.5 Å². The normalized spacial score (nSPS) is 13.1. The number of nitro benzene ring substituents is 1. The summed E-state index contributed by atoms with van der Waals surface area (Å²) in [6, 6.07) is 6.23. The summed E-state index contributed by atoms with van der Waals surface area (Å²) in [7, 11) is 0. The fourth-order valence-corrected chi connectivity index (χ4v) is 3.23. The van der Waals surface area contributed by atoms with E-state index in [0.717, 1.165) is 0 Å². The Bertz CT molecular complexity index is 798. The summed E-state index contributed by atoms with van der Waals surface area (Å²) in [5.74, 6) is 0.848. The van der Waals surface area contributed by atoms with Crippen molar-refractivity contribution in [3.8, 4) is 5.88 Å². The first kappa shape index (κ1) is 15.1. The minimum absolute atomic E-state index is 0.00307. The molecule has 1 aromatic carbocycles. The Morgan fingerprint density at radius 3 is 2.95 bits per heavy atom. The van der Waals surface area contributed by atoms with Crippen LogP contribution in [0.5, 0.6) is 5.88 Å². The SMILES string of the molecule is CSc1nc(Cl)c2c(n1)OC(c1cccc([N+](=O)[O-])c1)=CS2. The second-order valence-corrected chi connectivity index (χ2v) is 6.16. The molecular weight excluding hydrogens is 346 g/mol. The van der Waals surface area contributed by atoms with Gasteiger partial charge in [0, 0.05) is 23.1 Å². The minimum Gasteiger partial charge on any atom is -0.436 e. The smallest absolute Gasteiger partial charge is 0.270 e. The van der Waals surface area contributed by atoms with Crippen LogP contribution < -0.4 is 4.74 Å². The molecule has 2 heterocycles. The number of halogens is 1. The van der Waals surface area contributed by atoms with Gasteiger partial charge in [-0.05, 0) is 6.26 Å². The van der Waals surface area contributed by atoms with Crippen LogP contribution >= 0.6 is 35.1 Å². The third-order valence-corrected chi connectivity index (χ3v) is 4.66. The molecule has 0 spiro atoms. The summed E-state index contributed by atoms with van der Waals surface area (Å²) in [5.41, 5.74) is 0.608. The molecule has 0 bridgehead atoms. The van der Waals surface area contributed by atoms with Crippen molar-refractivity contribution < 1.29 is 9.66 Å². The molecule has 9 heteroatoms. The standard InChI is InChI=1S/C13H8ClN3O3S2/c1-21-13-15-11(14)10-12(16-13)20-9(6-22-10)7-3-2-4-8(5-7)17(18)19/h2-6H,1H3. The Morgan fingerprint density at radius 1 is 1.41 bits per heavy atom. The van der Waals surface area contributed by atoms with Crippen molar-refractivity contribution in [1.29, 1.82) is 0 Å². The third kappa shape index (κ3) is 2.90. The van der Waals surface area contributed by atoms with Gasteiger partial charge in [0.2, 0.25) is 5.88 Å². The first-order valence-electron chi connectivity index (χ1n) is 5.99. The summed E-state index contributed by atoms with van der Waals surface area (Å²) >= 11 is 8.79. The fraction of sp³-hybridized carbons (Fsp3) is 0.0769. The van der Waals surface area contributed by atoms with Crippen molar-refractivity contribution in [3.05, 3.63) is 50.5 Å². The average molecular weight is 354 g/mol. The molecular formula is C13H8ClN3O3S2. The lowest BCUT2D eigenvalue weighted by molar-refractivity contribution is -0.384. The topological polar surface area (TPSA) is 78.2 Å². The lowest BCUT2D eigenvalue weighted by atomic mass is 10.2. The van der Waals surface area contributed by atoms with Gasteiger partial charge in [0.15, 0.2) is 10.3 Å². The molecule has 0 amide bonds. The number of nitrogens with zero attached hydrogens (tertiary/aromatic N) is 3. The average Bonchev–Trinajstić information content (AvgIpc) is 2.54. The van der Waals surface area contributed by atoms with Gasteiger partial charge in [-0.15, -0.1) is 0 Å². The zero-order valence-electron chi connectivity index (χ0n) is 11.1. The minimum atomic E-state index is -0.446. The molecule has 0 saturated heterocycles. The summed E-state index contributed by atoms with van der Waals surface area (Å²) in [6.45, 7) is 0. The van der Waals surface area contributed by atoms with Crippen molar-refractivity contribution in [1.82, 2.24) is 9.97 Å². The second-order valence-electron chi connectivity index (χ2n) is 4.14. The summed E-state index contributed by atoms with van der Waals surface area (Å²) in [6.07, 6.45) is 1.84. The Balaban J connectivity index is 1.97. The van der Waals surface area contributed by atoms with E-state index in [1.165, 1.54) is 35.7 Å². The lowest BCUT2D eigenvalue weighted by Gasteiger charge is -2.17. The quantitative estimate of drug-likeness (QED) is 0.268. The molecule has 1 aliphatic rings. The molecule has 112 valence electrons. The summed E-state index contributed by atoms with van der Waals surface area (Å²) < 4.78 is 5.74. The molecule has 0 unspecified atom stereocenters. The zero-order chi connectivity index (χ0) is 15.7. The van der Waals surface area contributed by atoms with Crippen molar-refractivity contribution >= 4 is 46.6 Å². The Morgan fingerprint density at radius 2 is 2.23 bits per heavy atom. The van der Waals surface area contributed by atoms with E-state index in [2.05, 4.69) is 9.97 Å². The van der Waals surface area contributed by atoms with Gasteiger partial charge < -0.3 is 4.74 Å². The molecule has 0 aliphatic carbocycles. The van der Waals surface area contributed by atoms with E-state index in [-0.39, 0.29) is 5.69 Å². The van der Waals surface area contributed by atoms with E-state index in [4.69, 9.17) is 16.3 Å². The highest BCUT2D eigenvalue weighted by atomic mass is 35.5. The fourth-order valence-electron chi connectivity index (χ4n) is 1.79. The highest BCUT2D eigenvalue weighted by Gasteiger charge is 2.22. The van der Waals surface area contributed by atoms with E-state index in [9.17, 15) is 10.1 Å². The van der Waals surface area contributed by atoms with Crippen molar-refractivity contribution in [3.63, 3.8) is 0 Å². The van der Waals surface area contributed by atoms with Gasteiger partial charge >= 0.3 is 0 Å². The Labute approximate surface area is 139 Å². The van der Waals surface area contributed by atoms with E-state index in [0.29, 0.717) is 32.4 Å². The van der Waals surface area contributed by atoms with Gasteiger partial charge in [-0.25, -0.2) is 4.98 Å². The van der Waals surface area contributed by atoms with Crippen molar-refractivity contribution in [2.24, 2.45) is 0 Å². The van der Waals surface area contributed by atoms with Gasteiger partial charge in [-0.2, -0.15) is 4.98 Å². The predicted molar refractivity (Wildman–Crippen MR) is 86.4 cm³/mol. The van der Waals surface area contributed by atoms with Gasteiger partial charge in [-0.3, -0.25) is 10.1 Å². The first-order chi connectivity index (χ1) is 10.6. The molecule has 0 fully saturated rings. The Kier molecular flexibility index (Phi) is 4.23. The zero-order valence-corrected chi connectivity index (χ0v) is 13.5. The molecule has 1 aliphatic heterocycles. The molecule has 22 heavy (non-hydrogen) atoms. The number of fused-ring (bicyclic) bond motifs is 1. The Hall–Kier alpha value is -1.77. The van der Waals surface area contributed by atoms with E-state index < -0.39 is 4.92 Å². The third-order valence-electron chi connectivity index (χ3n) is 2.79. The van der Waals surface area contributed by atoms with Crippen LogP contribution in [0.3, 0.4) is 0 Å². The molecule has 0 radical (unpaired) electrons. The highest BCUT2D eigenvalue weighted by molar-refractivity contribution is 8.02. The number of hydrogen-bond donors (Lipinski definition) is 0. The molecule has 6 nitrogen and oxygen atoms in total. The highest BCUT2D eigenvalue weighted by Crippen LogP contribution is 2.42. The number of rotatable bonds is 3. The van der Waals surface area contributed by atoms with Crippen molar-refractivity contribution in [2.45, 2.75) is 10.1 Å². The van der Waals surface area contributed by atoms with Crippen LogP contribution in [0.15, 0.2) is 39.7 Å². The molecule has 1 aromatic heterocycles. The van der Waals surface area contributed by atoms with Gasteiger partial charge in [-0.1, -0.05) is 47.3 Å². The molecule has 3 rings (SSSR count). The largest absolute Gasteiger partial charge is 0.436 e. The maximum Gasteiger partial charge on any atom is 0.270 e. The van der Waals surface area contributed by atoms with Crippen LogP contribution in [0, 0.1) is 10.1 Å². The van der Waals surface area contributed by atoms with Crippen molar-refractivity contribution in [2.75, 3.05) is 6.26 Å². The first-order valence-corrected chi connectivity index (χ1v) is 8.48. The number of non-ortho nitro benzene ring substituents is 1. The number of nitro groups is 1. The monoisotopic (exact) mass is 353 g/mol. The number of benzene rings is 1. The number of thioether (sulfide) groups is 2. The lowest BCUT2D eigenvalue weighted by Crippen LogP contribution is -2.04. The van der Waals surface area contributed by atoms with Crippen LogP contribution in [0.25, 0.3) is 5.76 Å². The number of hydrogen-bond acceptors (Lipinski definition) is 7. The number of aromatic nitrogens is 2. The van der Waals surface area contributed by atoms with Gasteiger partial charge in [0.25, 0.3) is 5.69 Å². The molecule has 0 saturated carbocycles. The molecule has 0 N–H and O–H groups in total. The summed E-state index contributed by atoms with van der Waals surface area (Å²) in [4.78, 5) is 19.5. The van der Waals surface area contributed by atoms with E-state index in [1.807, 2.05) is 6.26 Å². The van der Waals surface area contributed by atoms with Crippen LogP contribution in [0.4, 0.5) is 5.69 Å². The van der Waals surface area contributed by atoms with Gasteiger partial charge in [0.05, 0.1) is 4.92 Å². The predicted octanol–water partition coefficient (Wildman–Crippen LogP) is 4.24. The maximum absolute atomic E-state index is 10.9. The van der Waals surface area contributed by atoms with Crippen LogP contribution in [-0.4, -0.2) is 21.1 Å².